The number of sulfonamides is 1. The Labute approximate surface area is 142 Å². The van der Waals surface area contributed by atoms with Gasteiger partial charge in [-0.1, -0.05) is 0 Å². The summed E-state index contributed by atoms with van der Waals surface area (Å²) in [6, 6.07) is 10.3. The van der Waals surface area contributed by atoms with E-state index in [1.165, 1.54) is 20.3 Å². The molecule has 0 radical (unpaired) electrons. The van der Waals surface area contributed by atoms with Crippen molar-refractivity contribution >= 4 is 21.4 Å². The maximum absolute atomic E-state index is 12.8. The van der Waals surface area contributed by atoms with Gasteiger partial charge in [0.25, 0.3) is 10.0 Å². The number of benzene rings is 2. The zero-order chi connectivity index (χ0) is 17.3. The molecule has 0 fully saturated rings. The molecule has 3 rings (SSSR count). The molecule has 0 saturated carbocycles. The normalized spacial score (nSPS) is 13.5. The fraction of sp³-hybridized carbons (Fsp3) is 0.294. The summed E-state index contributed by atoms with van der Waals surface area (Å²) in [4.78, 5) is 2.19. The van der Waals surface area contributed by atoms with Crippen molar-refractivity contribution in [2.24, 2.45) is 0 Å². The number of anilines is 2. The van der Waals surface area contributed by atoms with Crippen LogP contribution in [0.2, 0.25) is 0 Å². The molecule has 0 bridgehead atoms. The van der Waals surface area contributed by atoms with Gasteiger partial charge in [0, 0.05) is 31.0 Å². The van der Waals surface area contributed by atoms with E-state index in [4.69, 9.17) is 9.47 Å². The van der Waals surface area contributed by atoms with Crippen molar-refractivity contribution in [1.82, 2.24) is 0 Å². The molecule has 2 aromatic rings. The molecule has 0 saturated heterocycles. The summed E-state index contributed by atoms with van der Waals surface area (Å²) in [5, 5.41) is 0. The Kier molecular flexibility index (Phi) is 4.28. The summed E-state index contributed by atoms with van der Waals surface area (Å²) in [5.74, 6) is 0.718. The molecular weight excluding hydrogens is 328 g/mol. The number of ether oxygens (including phenoxy) is 2. The van der Waals surface area contributed by atoms with E-state index in [-0.39, 0.29) is 10.6 Å². The Morgan fingerprint density at radius 3 is 2.58 bits per heavy atom. The van der Waals surface area contributed by atoms with Crippen LogP contribution in [-0.2, 0) is 16.4 Å². The third-order valence-corrected chi connectivity index (χ3v) is 5.52. The number of rotatable bonds is 5. The summed E-state index contributed by atoms with van der Waals surface area (Å²) in [5.41, 5.74) is 2.81. The Balaban J connectivity index is 1.95. The maximum atomic E-state index is 12.8. The third-order valence-electron chi connectivity index (χ3n) is 4.12. The average Bonchev–Trinajstić information content (AvgIpc) is 2.94. The van der Waals surface area contributed by atoms with E-state index in [0.29, 0.717) is 11.4 Å². The summed E-state index contributed by atoms with van der Waals surface area (Å²) in [6.45, 7) is 0.940. The Morgan fingerprint density at radius 2 is 1.88 bits per heavy atom. The van der Waals surface area contributed by atoms with Crippen molar-refractivity contribution in [1.29, 1.82) is 0 Å². The molecule has 24 heavy (non-hydrogen) atoms. The highest BCUT2D eigenvalue weighted by Gasteiger charge is 2.22. The van der Waals surface area contributed by atoms with Crippen LogP contribution in [0.3, 0.4) is 0 Å². The lowest BCUT2D eigenvalue weighted by atomic mass is 10.1. The van der Waals surface area contributed by atoms with Crippen molar-refractivity contribution < 1.29 is 17.9 Å². The lowest BCUT2D eigenvalue weighted by molar-refractivity contribution is 0.392. The molecule has 128 valence electrons. The smallest absolute Gasteiger partial charge is 0.265 e. The largest absolute Gasteiger partial charge is 0.497 e. The Bertz CT molecular complexity index is 865. The topological polar surface area (TPSA) is 67.9 Å². The Morgan fingerprint density at radius 1 is 1.08 bits per heavy atom. The molecule has 0 amide bonds. The predicted octanol–water partition coefficient (Wildman–Crippen LogP) is 2.50. The molecule has 0 unspecified atom stereocenters. The molecule has 7 heteroatoms. The van der Waals surface area contributed by atoms with Crippen LogP contribution in [0, 0.1) is 0 Å². The van der Waals surface area contributed by atoms with Crippen LogP contribution in [0.15, 0.2) is 41.3 Å². The van der Waals surface area contributed by atoms with E-state index in [1.54, 1.807) is 18.2 Å². The van der Waals surface area contributed by atoms with Crippen LogP contribution < -0.4 is 19.1 Å². The molecule has 6 nitrogen and oxygen atoms in total. The monoisotopic (exact) mass is 348 g/mol. The summed E-state index contributed by atoms with van der Waals surface area (Å²) < 4.78 is 38.4. The van der Waals surface area contributed by atoms with Gasteiger partial charge in [-0.15, -0.1) is 0 Å². The van der Waals surface area contributed by atoms with E-state index >= 15 is 0 Å². The second kappa shape index (κ2) is 6.24. The number of fused-ring (bicyclic) bond motifs is 1. The van der Waals surface area contributed by atoms with Gasteiger partial charge in [0.1, 0.15) is 16.4 Å². The van der Waals surface area contributed by atoms with Crippen molar-refractivity contribution in [3.05, 3.63) is 42.0 Å². The van der Waals surface area contributed by atoms with Gasteiger partial charge in [-0.2, -0.15) is 0 Å². The summed E-state index contributed by atoms with van der Waals surface area (Å²) in [6.07, 6.45) is 0.907. The van der Waals surface area contributed by atoms with Crippen LogP contribution in [0.5, 0.6) is 11.5 Å². The van der Waals surface area contributed by atoms with Gasteiger partial charge in [-0.05, 0) is 42.3 Å². The summed E-state index contributed by atoms with van der Waals surface area (Å²) in [7, 11) is 1.16. The molecule has 1 aliphatic heterocycles. The lowest BCUT2D eigenvalue weighted by Gasteiger charge is -2.15. The first-order valence-electron chi connectivity index (χ1n) is 7.53. The van der Waals surface area contributed by atoms with Gasteiger partial charge in [-0.25, -0.2) is 8.42 Å². The van der Waals surface area contributed by atoms with E-state index in [1.807, 2.05) is 19.2 Å². The third kappa shape index (κ3) is 2.99. The second-order valence-corrected chi connectivity index (χ2v) is 7.29. The van der Waals surface area contributed by atoms with Gasteiger partial charge in [0.2, 0.25) is 0 Å². The molecule has 0 aliphatic carbocycles. The maximum Gasteiger partial charge on any atom is 0.265 e. The van der Waals surface area contributed by atoms with Gasteiger partial charge >= 0.3 is 0 Å². The number of methoxy groups -OCH3 is 2. The molecule has 0 spiro atoms. The van der Waals surface area contributed by atoms with Crippen LogP contribution in [0.1, 0.15) is 5.56 Å². The molecule has 1 heterocycles. The van der Waals surface area contributed by atoms with Gasteiger partial charge in [0.15, 0.2) is 0 Å². The van der Waals surface area contributed by atoms with Crippen LogP contribution >= 0.6 is 0 Å². The Hall–Kier alpha value is -2.41. The fourth-order valence-corrected chi connectivity index (χ4v) is 4.07. The van der Waals surface area contributed by atoms with Crippen molar-refractivity contribution in [3.63, 3.8) is 0 Å². The van der Waals surface area contributed by atoms with Crippen molar-refractivity contribution in [2.45, 2.75) is 11.3 Å². The first-order chi connectivity index (χ1) is 11.4. The van der Waals surface area contributed by atoms with Gasteiger partial charge in [0.05, 0.1) is 14.2 Å². The zero-order valence-corrected chi connectivity index (χ0v) is 14.7. The van der Waals surface area contributed by atoms with Crippen LogP contribution in [-0.4, -0.2) is 36.2 Å². The quantitative estimate of drug-likeness (QED) is 0.899. The summed E-state index contributed by atoms with van der Waals surface area (Å²) >= 11 is 0. The van der Waals surface area contributed by atoms with Crippen molar-refractivity contribution in [3.8, 4) is 11.5 Å². The zero-order valence-electron chi connectivity index (χ0n) is 13.9. The number of nitrogens with one attached hydrogen (secondary N) is 1. The highest BCUT2D eigenvalue weighted by Crippen LogP contribution is 2.32. The molecule has 0 aromatic heterocycles. The number of hydrogen-bond acceptors (Lipinski definition) is 5. The highest BCUT2D eigenvalue weighted by molar-refractivity contribution is 7.92. The van der Waals surface area contributed by atoms with E-state index < -0.39 is 10.0 Å². The molecule has 1 N–H and O–H groups in total. The first-order valence-corrected chi connectivity index (χ1v) is 9.02. The first kappa shape index (κ1) is 16.4. The average molecular weight is 348 g/mol. The SMILES string of the molecule is COc1ccc(OC)c(S(=O)(=O)Nc2ccc3c(c2)CCN3C)c1. The van der Waals surface area contributed by atoms with Crippen LogP contribution in [0.4, 0.5) is 11.4 Å². The fourth-order valence-electron chi connectivity index (χ4n) is 2.83. The number of nitrogens with zero attached hydrogens (tertiary/aromatic N) is 1. The predicted molar refractivity (Wildman–Crippen MR) is 93.8 cm³/mol. The van der Waals surface area contributed by atoms with E-state index in [0.717, 1.165) is 24.2 Å². The highest BCUT2D eigenvalue weighted by atomic mass is 32.2. The number of likely N-dealkylation sites (N-methyl/N-ethyl adjacent to an activating group) is 1. The molecule has 0 atom stereocenters. The van der Waals surface area contributed by atoms with Gasteiger partial charge in [-0.3, -0.25) is 4.72 Å². The van der Waals surface area contributed by atoms with Crippen LogP contribution in [0.25, 0.3) is 0 Å². The molecule has 2 aromatic carbocycles. The molecule has 1 aliphatic rings. The van der Waals surface area contributed by atoms with E-state index in [2.05, 4.69) is 9.62 Å². The minimum absolute atomic E-state index is 0.0435. The second-order valence-electron chi connectivity index (χ2n) is 5.64. The minimum Gasteiger partial charge on any atom is -0.497 e. The molecular formula is C17H20N2O4S. The van der Waals surface area contributed by atoms with Gasteiger partial charge < -0.3 is 14.4 Å². The minimum atomic E-state index is -3.79. The standard InChI is InChI=1S/C17H20N2O4S/c1-19-9-8-12-10-13(4-6-15(12)19)18-24(20,21)17-11-14(22-2)5-7-16(17)23-3/h4-7,10-11,18H,8-9H2,1-3H3. The van der Waals surface area contributed by atoms with E-state index in [9.17, 15) is 8.42 Å². The lowest BCUT2D eigenvalue weighted by Crippen LogP contribution is -2.14. The van der Waals surface area contributed by atoms with Crippen molar-refractivity contribution in [2.75, 3.05) is 37.4 Å². The number of hydrogen-bond donors (Lipinski definition) is 1.